The summed E-state index contributed by atoms with van der Waals surface area (Å²) in [6.07, 6.45) is 8.31. The smallest absolute Gasteiger partial charge is 0.310 e. The highest BCUT2D eigenvalue weighted by Gasteiger charge is 2.57. The van der Waals surface area contributed by atoms with Crippen molar-refractivity contribution in [2.45, 2.75) is 44.7 Å². The number of pyridine rings is 2. The standard InChI is InChI=1S/C23H29N5O2/c1-2-28-22(30)27(14-6-8-19-7-5-12-24-17-19)21(29)23(28)10-15-26(16-11-23)18-20-9-3-4-13-25-20/h3-5,7,9,12-13,17H,2,6,8,10-11,14-16,18H2,1H3. The van der Waals surface area contributed by atoms with Crippen LogP contribution >= 0.6 is 0 Å². The van der Waals surface area contributed by atoms with Crippen molar-refractivity contribution >= 4 is 11.9 Å². The molecule has 0 bridgehead atoms. The van der Waals surface area contributed by atoms with Crippen LogP contribution in [0.1, 0.15) is 37.4 Å². The number of piperidine rings is 1. The molecule has 0 unspecified atom stereocenters. The minimum absolute atomic E-state index is 0.0157. The highest BCUT2D eigenvalue weighted by atomic mass is 16.2. The second kappa shape index (κ2) is 8.92. The Morgan fingerprint density at radius 2 is 1.90 bits per heavy atom. The maximum Gasteiger partial charge on any atom is 0.327 e. The van der Waals surface area contributed by atoms with E-state index in [1.165, 1.54) is 4.90 Å². The molecule has 4 heterocycles. The van der Waals surface area contributed by atoms with E-state index in [0.29, 0.717) is 25.9 Å². The molecule has 0 saturated carbocycles. The zero-order valence-electron chi connectivity index (χ0n) is 17.5. The zero-order valence-corrected chi connectivity index (χ0v) is 17.5. The lowest BCUT2D eigenvalue weighted by Gasteiger charge is -2.41. The molecule has 0 radical (unpaired) electrons. The molecule has 2 aromatic heterocycles. The van der Waals surface area contributed by atoms with Gasteiger partial charge < -0.3 is 4.90 Å². The van der Waals surface area contributed by atoms with Gasteiger partial charge in [0.1, 0.15) is 5.54 Å². The topological polar surface area (TPSA) is 69.6 Å². The van der Waals surface area contributed by atoms with E-state index in [9.17, 15) is 9.59 Å². The number of imide groups is 1. The van der Waals surface area contributed by atoms with E-state index in [2.05, 4.69) is 14.9 Å². The van der Waals surface area contributed by atoms with Gasteiger partial charge in [-0.25, -0.2) is 4.79 Å². The molecule has 0 atom stereocenters. The number of aryl methyl sites for hydroxylation is 1. The molecule has 2 fully saturated rings. The first-order chi connectivity index (χ1) is 14.6. The summed E-state index contributed by atoms with van der Waals surface area (Å²) in [6, 6.07) is 9.74. The maximum atomic E-state index is 13.4. The first-order valence-corrected chi connectivity index (χ1v) is 10.8. The second-order valence-corrected chi connectivity index (χ2v) is 8.08. The Morgan fingerprint density at radius 1 is 1.07 bits per heavy atom. The summed E-state index contributed by atoms with van der Waals surface area (Å²) in [5.74, 6) is -0.0157. The van der Waals surface area contributed by atoms with Gasteiger partial charge in [0.05, 0.1) is 5.69 Å². The SMILES string of the molecule is CCN1C(=O)N(CCCc2cccnc2)C(=O)C12CCN(Cc1ccccn1)CC2. The average Bonchev–Trinajstić information content (AvgIpc) is 2.97. The number of amides is 3. The van der Waals surface area contributed by atoms with Gasteiger partial charge in [0, 0.05) is 51.3 Å². The first-order valence-electron chi connectivity index (χ1n) is 10.8. The van der Waals surface area contributed by atoms with Gasteiger partial charge in [0.25, 0.3) is 5.91 Å². The summed E-state index contributed by atoms with van der Waals surface area (Å²) >= 11 is 0. The molecule has 7 nitrogen and oxygen atoms in total. The molecular weight excluding hydrogens is 378 g/mol. The fourth-order valence-corrected chi connectivity index (χ4v) is 4.69. The molecule has 7 heteroatoms. The third-order valence-corrected chi connectivity index (χ3v) is 6.30. The monoisotopic (exact) mass is 407 g/mol. The van der Waals surface area contributed by atoms with Crippen LogP contribution in [0.25, 0.3) is 0 Å². The van der Waals surface area contributed by atoms with Crippen LogP contribution in [-0.4, -0.2) is 68.3 Å². The summed E-state index contributed by atoms with van der Waals surface area (Å²) in [5, 5.41) is 0. The molecule has 30 heavy (non-hydrogen) atoms. The fraction of sp³-hybridized carbons (Fsp3) is 0.478. The lowest BCUT2D eigenvalue weighted by Crippen LogP contribution is -2.56. The number of rotatable bonds is 7. The Hall–Kier alpha value is -2.80. The van der Waals surface area contributed by atoms with Gasteiger partial charge in [0.15, 0.2) is 0 Å². The van der Waals surface area contributed by atoms with Gasteiger partial charge in [-0.3, -0.25) is 24.6 Å². The van der Waals surface area contributed by atoms with Crippen molar-refractivity contribution in [3.63, 3.8) is 0 Å². The van der Waals surface area contributed by atoms with E-state index in [0.717, 1.165) is 43.7 Å². The summed E-state index contributed by atoms with van der Waals surface area (Å²) in [7, 11) is 0. The van der Waals surface area contributed by atoms with E-state index in [-0.39, 0.29) is 11.9 Å². The Balaban J connectivity index is 1.39. The van der Waals surface area contributed by atoms with Crippen LogP contribution in [-0.2, 0) is 17.8 Å². The van der Waals surface area contributed by atoms with Crippen LogP contribution in [0.2, 0.25) is 0 Å². The van der Waals surface area contributed by atoms with E-state index < -0.39 is 5.54 Å². The van der Waals surface area contributed by atoms with Crippen molar-refractivity contribution in [1.82, 2.24) is 24.7 Å². The number of urea groups is 1. The van der Waals surface area contributed by atoms with E-state index in [1.54, 1.807) is 11.1 Å². The minimum atomic E-state index is -0.680. The van der Waals surface area contributed by atoms with Crippen molar-refractivity contribution in [2.24, 2.45) is 0 Å². The van der Waals surface area contributed by atoms with E-state index in [1.807, 2.05) is 49.6 Å². The Kier molecular flexibility index (Phi) is 6.08. The highest BCUT2D eigenvalue weighted by molar-refractivity contribution is 6.07. The molecule has 0 aliphatic carbocycles. The van der Waals surface area contributed by atoms with Gasteiger partial charge in [-0.1, -0.05) is 12.1 Å². The summed E-state index contributed by atoms with van der Waals surface area (Å²) in [4.78, 5) is 40.6. The van der Waals surface area contributed by atoms with Gasteiger partial charge in [-0.2, -0.15) is 0 Å². The molecule has 2 aromatic rings. The third-order valence-electron chi connectivity index (χ3n) is 6.30. The second-order valence-electron chi connectivity index (χ2n) is 8.08. The predicted octanol–water partition coefficient (Wildman–Crippen LogP) is 2.73. The largest absolute Gasteiger partial charge is 0.327 e. The molecule has 2 saturated heterocycles. The highest BCUT2D eigenvalue weighted by Crippen LogP contribution is 2.37. The quantitative estimate of drug-likeness (QED) is 0.660. The number of likely N-dealkylation sites (N-methyl/N-ethyl adjacent to an activating group) is 1. The molecule has 4 rings (SSSR count). The molecule has 0 aromatic carbocycles. The van der Waals surface area contributed by atoms with Crippen LogP contribution in [0.3, 0.4) is 0 Å². The predicted molar refractivity (Wildman–Crippen MR) is 114 cm³/mol. The van der Waals surface area contributed by atoms with Gasteiger partial charge in [-0.05, 0) is 56.4 Å². The number of aromatic nitrogens is 2. The number of hydrogen-bond acceptors (Lipinski definition) is 5. The van der Waals surface area contributed by atoms with Crippen molar-refractivity contribution in [3.05, 3.63) is 60.2 Å². The molecule has 158 valence electrons. The van der Waals surface area contributed by atoms with Crippen LogP contribution in [0.5, 0.6) is 0 Å². The lowest BCUT2D eigenvalue weighted by atomic mass is 9.85. The van der Waals surface area contributed by atoms with Crippen molar-refractivity contribution in [1.29, 1.82) is 0 Å². The number of carbonyl (C=O) groups excluding carboxylic acids is 2. The Morgan fingerprint density at radius 3 is 2.57 bits per heavy atom. The van der Waals surface area contributed by atoms with Crippen molar-refractivity contribution in [3.8, 4) is 0 Å². The number of nitrogens with zero attached hydrogens (tertiary/aromatic N) is 5. The summed E-state index contributed by atoms with van der Waals surface area (Å²) in [6.45, 7) is 5.34. The Bertz CT molecular complexity index is 866. The number of likely N-dealkylation sites (tertiary alicyclic amines) is 1. The molecule has 1 spiro atoms. The van der Waals surface area contributed by atoms with Crippen LogP contribution < -0.4 is 0 Å². The molecule has 2 aliphatic heterocycles. The minimum Gasteiger partial charge on any atom is -0.310 e. The average molecular weight is 408 g/mol. The summed E-state index contributed by atoms with van der Waals surface area (Å²) < 4.78 is 0. The number of hydrogen-bond donors (Lipinski definition) is 0. The molecule has 3 amide bonds. The first kappa shape index (κ1) is 20.5. The Labute approximate surface area is 177 Å². The number of carbonyl (C=O) groups is 2. The van der Waals surface area contributed by atoms with Crippen molar-refractivity contribution < 1.29 is 9.59 Å². The zero-order chi connectivity index (χ0) is 21.0. The molecular formula is C23H29N5O2. The molecule has 0 N–H and O–H groups in total. The normalized spacial score (nSPS) is 19.1. The van der Waals surface area contributed by atoms with E-state index in [4.69, 9.17) is 0 Å². The van der Waals surface area contributed by atoms with Crippen LogP contribution in [0, 0.1) is 0 Å². The third kappa shape index (κ3) is 3.94. The van der Waals surface area contributed by atoms with E-state index >= 15 is 0 Å². The molecule has 2 aliphatic rings. The van der Waals surface area contributed by atoms with Gasteiger partial charge >= 0.3 is 6.03 Å². The van der Waals surface area contributed by atoms with Gasteiger partial charge in [-0.15, -0.1) is 0 Å². The van der Waals surface area contributed by atoms with Gasteiger partial charge in [0.2, 0.25) is 0 Å². The maximum absolute atomic E-state index is 13.4. The fourth-order valence-electron chi connectivity index (χ4n) is 4.69. The lowest BCUT2D eigenvalue weighted by molar-refractivity contribution is -0.135. The van der Waals surface area contributed by atoms with Crippen molar-refractivity contribution in [2.75, 3.05) is 26.2 Å². The summed E-state index contributed by atoms with van der Waals surface area (Å²) in [5.41, 5.74) is 1.48. The van der Waals surface area contributed by atoms with Crippen LogP contribution in [0.15, 0.2) is 48.9 Å². The van der Waals surface area contributed by atoms with Crippen LogP contribution in [0.4, 0.5) is 4.79 Å².